The van der Waals surface area contributed by atoms with Gasteiger partial charge >= 0.3 is 27.7 Å². The summed E-state index contributed by atoms with van der Waals surface area (Å²) in [6.45, 7) is 20.0. The largest absolute Gasteiger partial charge is 1.00 e. The van der Waals surface area contributed by atoms with Crippen molar-refractivity contribution in [2.75, 3.05) is 6.61 Å². The summed E-state index contributed by atoms with van der Waals surface area (Å²) in [5, 5.41) is 0.262. The van der Waals surface area contributed by atoms with Crippen molar-refractivity contribution in [2.45, 2.75) is 83.6 Å². The summed E-state index contributed by atoms with van der Waals surface area (Å²) in [5.41, 5.74) is 0. The minimum Gasteiger partial charge on any atom is -1.00 e. The number of halogens is 1. The second kappa shape index (κ2) is 8.98. The molecule has 21 heavy (non-hydrogen) atoms. The molecule has 3 nitrogen and oxygen atoms in total. The topological polar surface area (TPSA) is 27.7 Å². The Morgan fingerprint density at radius 3 is 2.19 bits per heavy atom. The number of hydrogen-bond donors (Lipinski definition) is 0. The van der Waals surface area contributed by atoms with Crippen molar-refractivity contribution >= 4 is 8.32 Å². The maximum atomic E-state index is 6.20. The summed E-state index contributed by atoms with van der Waals surface area (Å²) >= 11 is 0. The Bertz CT molecular complexity index is 306. The fourth-order valence-electron chi connectivity index (χ4n) is 2.06. The van der Waals surface area contributed by atoms with Gasteiger partial charge in [-0.2, -0.15) is 0 Å². The number of hydrogen-bond acceptors (Lipinski definition) is 3. The zero-order valence-electron chi connectivity index (χ0n) is 14.8. The van der Waals surface area contributed by atoms with Crippen LogP contribution in [0.4, 0.5) is 0 Å². The van der Waals surface area contributed by atoms with Gasteiger partial charge in [-0.15, -0.1) is 0 Å². The summed E-state index contributed by atoms with van der Waals surface area (Å²) in [6.07, 6.45) is 1.98. The van der Waals surface area contributed by atoms with Crippen molar-refractivity contribution < 1.29 is 54.0 Å². The van der Waals surface area contributed by atoms with E-state index >= 15 is 0 Å². The van der Waals surface area contributed by atoms with Crippen LogP contribution in [0.1, 0.15) is 47.5 Å². The molecule has 0 aromatic carbocycles. The van der Waals surface area contributed by atoms with Crippen molar-refractivity contribution in [3.05, 3.63) is 6.92 Å². The maximum Gasteiger partial charge on any atom is 1.00 e. The predicted octanol–water partition coefficient (Wildman–Crippen LogP) is 1.14. The minimum atomic E-state index is -1.64. The van der Waals surface area contributed by atoms with Gasteiger partial charge in [-0.1, -0.05) is 20.8 Å². The molecule has 2 radical (unpaired) electrons. The number of rotatable bonds is 4. The summed E-state index contributed by atoms with van der Waals surface area (Å²) in [6, 6.07) is 0. The molecule has 2 atom stereocenters. The van der Waals surface area contributed by atoms with E-state index in [1.165, 1.54) is 0 Å². The first-order valence-corrected chi connectivity index (χ1v) is 10.2. The molecule has 1 heterocycles. The van der Waals surface area contributed by atoms with E-state index in [1.54, 1.807) is 0 Å². The molecule has 1 aliphatic heterocycles. The summed E-state index contributed by atoms with van der Waals surface area (Å²) in [7, 11) is -1.64. The standard InChI is InChI=1S/C15H31O3Si.ClH.Hg/c1-12-11-13(18-15(5,6)17-12)9-10-16-19(7,8)14(2,3)4;;/h12-13H,1,9-11H2,2-8H3;1H;/q;;+1/p-1/t12-,13+;;/m1../s1. The number of ether oxygens (including phenoxy) is 2. The van der Waals surface area contributed by atoms with E-state index < -0.39 is 14.1 Å². The Kier molecular flexibility index (Phi) is 10.5. The predicted molar refractivity (Wildman–Crippen MR) is 81.6 cm³/mol. The van der Waals surface area contributed by atoms with Crippen LogP contribution in [0, 0.1) is 6.92 Å². The van der Waals surface area contributed by atoms with Crippen LogP contribution in [0.2, 0.25) is 18.1 Å². The normalized spacial score (nSPS) is 25.7. The van der Waals surface area contributed by atoms with Gasteiger partial charge in [0.25, 0.3) is 0 Å². The first kappa shape index (κ1) is 24.6. The van der Waals surface area contributed by atoms with E-state index in [0.717, 1.165) is 19.4 Å². The molecule has 1 fully saturated rings. The first-order valence-electron chi connectivity index (χ1n) is 7.26. The fraction of sp³-hybridized carbons (Fsp3) is 0.933. The van der Waals surface area contributed by atoms with Crippen LogP contribution >= 0.6 is 0 Å². The van der Waals surface area contributed by atoms with Crippen LogP contribution in [-0.4, -0.2) is 32.9 Å². The fourth-order valence-corrected chi connectivity index (χ4v) is 3.12. The molecule has 1 saturated heterocycles. The van der Waals surface area contributed by atoms with Crippen LogP contribution < -0.4 is 12.4 Å². The Labute approximate surface area is 158 Å². The summed E-state index contributed by atoms with van der Waals surface area (Å²) in [4.78, 5) is 0. The van der Waals surface area contributed by atoms with E-state index in [9.17, 15) is 0 Å². The van der Waals surface area contributed by atoms with E-state index in [4.69, 9.17) is 13.9 Å². The van der Waals surface area contributed by atoms with Gasteiger partial charge in [-0.3, -0.25) is 0 Å². The quantitative estimate of drug-likeness (QED) is 0.518. The van der Waals surface area contributed by atoms with Gasteiger partial charge in [0.15, 0.2) is 14.1 Å². The molecule has 0 saturated carbocycles. The molecule has 0 aliphatic carbocycles. The van der Waals surface area contributed by atoms with Crippen LogP contribution in [0.3, 0.4) is 0 Å². The zero-order chi connectivity index (χ0) is 14.9. The first-order chi connectivity index (χ1) is 8.43. The van der Waals surface area contributed by atoms with E-state index in [-0.39, 0.29) is 57.3 Å². The van der Waals surface area contributed by atoms with Gasteiger partial charge < -0.3 is 26.3 Å². The van der Waals surface area contributed by atoms with Crippen LogP contribution in [0.25, 0.3) is 0 Å². The van der Waals surface area contributed by atoms with Crippen molar-refractivity contribution in [3.63, 3.8) is 0 Å². The molecule has 0 spiro atoms. The van der Waals surface area contributed by atoms with Gasteiger partial charge in [-0.25, -0.2) is 0 Å². The van der Waals surface area contributed by atoms with Crippen molar-refractivity contribution in [1.82, 2.24) is 0 Å². The molecule has 1 aliphatic rings. The smallest absolute Gasteiger partial charge is 1.00 e. The minimum absolute atomic E-state index is 0. The van der Waals surface area contributed by atoms with Gasteiger partial charge in [0.05, 0.1) is 12.2 Å². The molecule has 0 unspecified atom stereocenters. The van der Waals surface area contributed by atoms with Crippen LogP contribution in [0.15, 0.2) is 0 Å². The third kappa shape index (κ3) is 8.11. The monoisotopic (exact) mass is 524 g/mol. The molecule has 6 heteroatoms. The molecule has 122 valence electrons. The molecule has 0 aromatic heterocycles. The third-order valence-electron chi connectivity index (χ3n) is 4.14. The second-order valence-corrected chi connectivity index (χ2v) is 12.3. The van der Waals surface area contributed by atoms with Gasteiger partial charge in [0, 0.05) is 13.0 Å². The SMILES string of the molecule is [CH2][C@@H]1C[C@H](CCO[Si](C)(C)C(C)(C)C)OC(C)(C)O1.[Cl-].[Hg+]. The maximum absolute atomic E-state index is 6.20. The Morgan fingerprint density at radius 1 is 1.24 bits per heavy atom. The van der Waals surface area contributed by atoms with E-state index in [0.29, 0.717) is 0 Å². The Hall–Kier alpha value is 1.32. The second-order valence-electron chi connectivity index (χ2n) is 7.51. The Balaban J connectivity index is 0. The Morgan fingerprint density at radius 2 is 1.76 bits per heavy atom. The van der Waals surface area contributed by atoms with Gasteiger partial charge in [0.1, 0.15) is 0 Å². The van der Waals surface area contributed by atoms with Crippen molar-refractivity contribution in [2.24, 2.45) is 0 Å². The van der Waals surface area contributed by atoms with Crippen LogP contribution in [0.5, 0.6) is 0 Å². The molecular formula is C15H31ClHgO3Si. The van der Waals surface area contributed by atoms with Gasteiger partial charge in [-0.05, 0) is 45.3 Å². The third-order valence-corrected chi connectivity index (χ3v) is 8.67. The molecule has 0 aromatic rings. The molecule has 0 bridgehead atoms. The van der Waals surface area contributed by atoms with Crippen molar-refractivity contribution in [1.29, 1.82) is 0 Å². The van der Waals surface area contributed by atoms with Crippen molar-refractivity contribution in [3.8, 4) is 0 Å². The molecular weight excluding hydrogens is 492 g/mol. The molecule has 0 amide bonds. The van der Waals surface area contributed by atoms with Crippen LogP contribution in [-0.2, 0) is 41.6 Å². The summed E-state index contributed by atoms with van der Waals surface area (Å²) < 4.78 is 17.8. The average Bonchev–Trinajstić information content (AvgIpc) is 2.11. The van der Waals surface area contributed by atoms with E-state index in [1.807, 2.05) is 13.8 Å². The molecule has 1 rings (SSSR count). The van der Waals surface area contributed by atoms with Gasteiger partial charge in [0.2, 0.25) is 0 Å². The molecule has 0 N–H and O–H groups in total. The summed E-state index contributed by atoms with van der Waals surface area (Å²) in [5.74, 6) is -0.522. The average molecular weight is 524 g/mol. The zero-order valence-corrected chi connectivity index (χ0v) is 22.0. The van der Waals surface area contributed by atoms with E-state index in [2.05, 4.69) is 40.8 Å².